The van der Waals surface area contributed by atoms with E-state index in [4.69, 9.17) is 11.6 Å². The zero-order chi connectivity index (χ0) is 19.2. The Morgan fingerprint density at radius 1 is 1.23 bits per heavy atom. The molecular weight excluding hydrogens is 394 g/mol. The normalized spacial score (nSPS) is 12.0. The number of benzene rings is 1. The molecule has 144 valence electrons. The number of rotatable bonds is 10. The van der Waals surface area contributed by atoms with Crippen molar-refractivity contribution in [3.63, 3.8) is 0 Å². The summed E-state index contributed by atoms with van der Waals surface area (Å²) >= 11 is 6.72. The quantitative estimate of drug-likeness (QED) is 0.591. The third-order valence-electron chi connectivity index (χ3n) is 3.89. The lowest BCUT2D eigenvalue weighted by atomic mass is 10.3. The van der Waals surface area contributed by atoms with Crippen molar-refractivity contribution in [1.82, 2.24) is 9.29 Å². The number of amides is 1. The molecule has 0 saturated carbocycles. The molecule has 2 aromatic rings. The van der Waals surface area contributed by atoms with E-state index in [1.54, 1.807) is 22.5 Å². The molecule has 2 rings (SSSR count). The number of fused-ring (bicyclic) bond motifs is 1. The number of sulfonamides is 1. The van der Waals surface area contributed by atoms with Crippen LogP contribution in [0.25, 0.3) is 10.2 Å². The molecule has 0 saturated heterocycles. The molecule has 1 N–H and O–H groups in total. The summed E-state index contributed by atoms with van der Waals surface area (Å²) < 4.78 is 28.4. The van der Waals surface area contributed by atoms with Gasteiger partial charge in [0, 0.05) is 13.1 Å². The fourth-order valence-electron chi connectivity index (χ4n) is 2.44. The van der Waals surface area contributed by atoms with Crippen LogP contribution in [0.3, 0.4) is 0 Å². The van der Waals surface area contributed by atoms with E-state index < -0.39 is 10.0 Å². The topological polar surface area (TPSA) is 79.4 Å². The van der Waals surface area contributed by atoms with Gasteiger partial charge < -0.3 is 5.32 Å². The molecule has 0 unspecified atom stereocenters. The Morgan fingerprint density at radius 3 is 2.46 bits per heavy atom. The van der Waals surface area contributed by atoms with E-state index >= 15 is 0 Å². The summed E-state index contributed by atoms with van der Waals surface area (Å²) in [4.78, 5) is 15.9. The Labute approximate surface area is 163 Å². The summed E-state index contributed by atoms with van der Waals surface area (Å²) in [7, 11) is -3.55. The average Bonchev–Trinajstić information content (AvgIpc) is 3.02. The van der Waals surface area contributed by atoms with Crippen LogP contribution in [0, 0.1) is 0 Å². The van der Waals surface area contributed by atoms with Crippen LogP contribution in [0.15, 0.2) is 23.1 Å². The summed E-state index contributed by atoms with van der Waals surface area (Å²) in [6.07, 6.45) is 3.55. The monoisotopic (exact) mass is 417 g/mol. The van der Waals surface area contributed by atoms with Crippen molar-refractivity contribution in [2.75, 3.05) is 24.3 Å². The maximum atomic E-state index is 13.0. The van der Waals surface area contributed by atoms with Gasteiger partial charge in [-0.05, 0) is 31.0 Å². The first-order valence-corrected chi connectivity index (χ1v) is 11.5. The average molecular weight is 418 g/mol. The zero-order valence-corrected chi connectivity index (χ0v) is 17.4. The number of thiazole rings is 1. The third-order valence-corrected chi connectivity index (χ3v) is 6.96. The Hall–Kier alpha value is -1.22. The SMILES string of the molecule is CCCCN(CCCC)S(=O)(=O)c1ccc2nc(NC(=O)CCl)sc2c1. The molecule has 0 radical (unpaired) electrons. The number of hydrogen-bond donors (Lipinski definition) is 1. The van der Waals surface area contributed by atoms with Gasteiger partial charge in [-0.3, -0.25) is 4.79 Å². The maximum absolute atomic E-state index is 13.0. The van der Waals surface area contributed by atoms with Crippen molar-refractivity contribution in [2.24, 2.45) is 0 Å². The van der Waals surface area contributed by atoms with E-state index in [9.17, 15) is 13.2 Å². The van der Waals surface area contributed by atoms with Gasteiger partial charge in [0.15, 0.2) is 5.13 Å². The Kier molecular flexibility index (Phi) is 7.82. The molecule has 0 bridgehead atoms. The molecule has 1 aromatic carbocycles. The van der Waals surface area contributed by atoms with E-state index in [1.807, 2.05) is 13.8 Å². The molecule has 0 aliphatic rings. The summed E-state index contributed by atoms with van der Waals surface area (Å²) in [5, 5.41) is 3.01. The van der Waals surface area contributed by atoms with Gasteiger partial charge in [-0.15, -0.1) is 11.6 Å². The van der Waals surface area contributed by atoms with Gasteiger partial charge in [0.1, 0.15) is 5.88 Å². The van der Waals surface area contributed by atoms with Crippen molar-refractivity contribution < 1.29 is 13.2 Å². The molecule has 26 heavy (non-hydrogen) atoms. The van der Waals surface area contributed by atoms with Crippen molar-refractivity contribution in [1.29, 1.82) is 0 Å². The number of nitrogens with one attached hydrogen (secondary N) is 1. The summed E-state index contributed by atoms with van der Waals surface area (Å²) in [6.45, 7) is 5.14. The predicted molar refractivity (Wildman–Crippen MR) is 108 cm³/mol. The highest BCUT2D eigenvalue weighted by Crippen LogP contribution is 2.29. The van der Waals surface area contributed by atoms with Gasteiger partial charge in [-0.2, -0.15) is 4.31 Å². The second-order valence-electron chi connectivity index (χ2n) is 5.94. The smallest absolute Gasteiger partial charge is 0.243 e. The number of nitrogens with zero attached hydrogens (tertiary/aromatic N) is 2. The van der Waals surface area contributed by atoms with Gasteiger partial charge >= 0.3 is 0 Å². The first-order chi connectivity index (χ1) is 12.4. The Bertz CT molecular complexity index is 844. The molecule has 1 aromatic heterocycles. The number of anilines is 1. The lowest BCUT2D eigenvalue weighted by Gasteiger charge is -2.21. The number of halogens is 1. The van der Waals surface area contributed by atoms with Crippen LogP contribution in [0.1, 0.15) is 39.5 Å². The first kappa shape index (κ1) is 21.1. The Balaban J connectivity index is 2.31. The molecule has 1 amide bonds. The van der Waals surface area contributed by atoms with Gasteiger partial charge in [0.25, 0.3) is 0 Å². The second kappa shape index (κ2) is 9.64. The predicted octanol–water partition coefficient (Wildman–Crippen LogP) is 4.06. The van der Waals surface area contributed by atoms with Crippen molar-refractivity contribution in [2.45, 2.75) is 44.4 Å². The van der Waals surface area contributed by atoms with Crippen molar-refractivity contribution >= 4 is 54.2 Å². The van der Waals surface area contributed by atoms with Gasteiger partial charge in [0.05, 0.1) is 15.1 Å². The molecule has 0 spiro atoms. The van der Waals surface area contributed by atoms with Crippen molar-refractivity contribution in [3.05, 3.63) is 18.2 Å². The largest absolute Gasteiger partial charge is 0.301 e. The number of carbonyl (C=O) groups is 1. The standard InChI is InChI=1S/C17H24ClN3O3S2/c1-3-5-9-21(10-6-4-2)26(23,24)13-7-8-14-15(11-13)25-17(19-14)20-16(22)12-18/h7-8,11H,3-6,9-10,12H2,1-2H3,(H,19,20,22). The van der Waals surface area contributed by atoms with Crippen LogP contribution in [0.2, 0.25) is 0 Å². The summed E-state index contributed by atoms with van der Waals surface area (Å²) in [6, 6.07) is 4.88. The van der Waals surface area contributed by atoms with Crippen LogP contribution in [0.4, 0.5) is 5.13 Å². The van der Waals surface area contributed by atoms with Gasteiger partial charge in [0.2, 0.25) is 15.9 Å². The minimum absolute atomic E-state index is 0.153. The van der Waals surface area contributed by atoms with Crippen LogP contribution >= 0.6 is 22.9 Å². The number of alkyl halides is 1. The van der Waals surface area contributed by atoms with Gasteiger partial charge in [-0.25, -0.2) is 13.4 Å². The molecule has 0 aliphatic carbocycles. The molecule has 0 fully saturated rings. The summed E-state index contributed by atoms with van der Waals surface area (Å²) in [5.41, 5.74) is 0.646. The van der Waals surface area contributed by atoms with Crippen LogP contribution in [0.5, 0.6) is 0 Å². The van der Waals surface area contributed by atoms with E-state index in [0.29, 0.717) is 28.4 Å². The second-order valence-corrected chi connectivity index (χ2v) is 9.18. The molecule has 0 aliphatic heterocycles. The molecule has 1 heterocycles. The van der Waals surface area contributed by atoms with Crippen LogP contribution in [-0.4, -0.2) is 42.6 Å². The minimum Gasteiger partial charge on any atom is -0.301 e. The minimum atomic E-state index is -3.55. The van der Waals surface area contributed by atoms with Crippen LogP contribution in [-0.2, 0) is 14.8 Å². The highest BCUT2D eigenvalue weighted by atomic mass is 35.5. The molecule has 0 atom stereocenters. The molecule has 6 nitrogen and oxygen atoms in total. The van der Waals surface area contributed by atoms with E-state index in [2.05, 4.69) is 10.3 Å². The van der Waals surface area contributed by atoms with Crippen molar-refractivity contribution in [3.8, 4) is 0 Å². The molecule has 9 heteroatoms. The summed E-state index contributed by atoms with van der Waals surface area (Å²) in [5.74, 6) is -0.497. The third kappa shape index (κ3) is 5.16. The Morgan fingerprint density at radius 2 is 1.88 bits per heavy atom. The van der Waals surface area contributed by atoms with E-state index in [-0.39, 0.29) is 16.7 Å². The van der Waals surface area contributed by atoms with E-state index in [1.165, 1.54) is 11.3 Å². The lowest BCUT2D eigenvalue weighted by molar-refractivity contribution is -0.113. The van der Waals surface area contributed by atoms with E-state index in [0.717, 1.165) is 25.7 Å². The number of hydrogen-bond acceptors (Lipinski definition) is 5. The first-order valence-electron chi connectivity index (χ1n) is 8.69. The zero-order valence-electron chi connectivity index (χ0n) is 15.0. The fourth-order valence-corrected chi connectivity index (χ4v) is 5.05. The molecular formula is C17H24ClN3O3S2. The number of carbonyl (C=O) groups excluding carboxylic acids is 1. The highest BCUT2D eigenvalue weighted by molar-refractivity contribution is 7.89. The fraction of sp³-hybridized carbons (Fsp3) is 0.529. The number of unbranched alkanes of at least 4 members (excludes halogenated alkanes) is 2. The van der Waals surface area contributed by atoms with Crippen LogP contribution < -0.4 is 5.32 Å². The van der Waals surface area contributed by atoms with Gasteiger partial charge in [-0.1, -0.05) is 38.0 Å². The number of aromatic nitrogens is 1. The maximum Gasteiger partial charge on any atom is 0.243 e. The highest BCUT2D eigenvalue weighted by Gasteiger charge is 2.24. The lowest BCUT2D eigenvalue weighted by Crippen LogP contribution is -2.33.